The number of carbonyl (C=O) groups excluding carboxylic acids is 2. The minimum Gasteiger partial charge on any atom is -0.399 e. The van der Waals surface area contributed by atoms with Crippen LogP contribution in [0.4, 0.5) is 13.2 Å². The number of pyridine rings is 1. The van der Waals surface area contributed by atoms with Gasteiger partial charge in [0.15, 0.2) is 0 Å². The van der Waals surface area contributed by atoms with Crippen molar-refractivity contribution in [2.24, 2.45) is 5.16 Å². The van der Waals surface area contributed by atoms with Crippen LogP contribution >= 0.6 is 11.6 Å². The normalized spacial score (nSPS) is 14.6. The summed E-state index contributed by atoms with van der Waals surface area (Å²) in [6.07, 6.45) is -4.02. The molecular weight excluding hydrogens is 387 g/mol. The fraction of sp³-hybridized carbons (Fsp3) is 0.176. The fourth-order valence-electron chi connectivity index (χ4n) is 2.59. The molecule has 0 radical (unpaired) electrons. The van der Waals surface area contributed by atoms with E-state index in [1.54, 1.807) is 12.1 Å². The van der Waals surface area contributed by atoms with Gasteiger partial charge in [-0.3, -0.25) is 19.5 Å². The lowest BCUT2D eigenvalue weighted by Crippen LogP contribution is -2.35. The van der Waals surface area contributed by atoms with Crippen molar-refractivity contribution in [3.05, 3.63) is 63.9 Å². The van der Waals surface area contributed by atoms with E-state index in [1.807, 2.05) is 0 Å². The quantitative estimate of drug-likeness (QED) is 0.450. The summed E-state index contributed by atoms with van der Waals surface area (Å²) >= 11 is 5.93. The van der Waals surface area contributed by atoms with Crippen molar-refractivity contribution in [3.8, 4) is 0 Å². The first-order valence-corrected chi connectivity index (χ1v) is 7.90. The number of benzene rings is 1. The second kappa shape index (κ2) is 6.99. The number of oxime groups is 1. The van der Waals surface area contributed by atoms with Crippen molar-refractivity contribution in [1.29, 1.82) is 0 Å². The van der Waals surface area contributed by atoms with Crippen LogP contribution in [0, 0.1) is 0 Å². The zero-order valence-corrected chi connectivity index (χ0v) is 14.5. The Labute approximate surface area is 156 Å². The molecule has 0 atom stereocenters. The summed E-state index contributed by atoms with van der Waals surface area (Å²) in [5.41, 5.74) is -0.765. The maximum absolute atomic E-state index is 12.8. The standard InChI is InChI=1S/C17H11ClF3N3O3/c1-27-23-13(14-12(18)6-9(7-22-14)17(19,20)21)8-24-15(25)10-4-2-3-5-11(10)16(24)26/h2-7H,8H2,1H3/b23-13-. The Hall–Kier alpha value is -2.94. The molecule has 3 rings (SSSR count). The molecule has 1 aromatic carbocycles. The van der Waals surface area contributed by atoms with E-state index >= 15 is 0 Å². The van der Waals surface area contributed by atoms with Gasteiger partial charge in [0.2, 0.25) is 0 Å². The van der Waals surface area contributed by atoms with Crippen LogP contribution in [0.5, 0.6) is 0 Å². The van der Waals surface area contributed by atoms with Gasteiger partial charge >= 0.3 is 6.18 Å². The molecule has 2 amide bonds. The smallest absolute Gasteiger partial charge is 0.399 e. The third kappa shape index (κ3) is 3.50. The Morgan fingerprint density at radius 3 is 2.30 bits per heavy atom. The minimum absolute atomic E-state index is 0.0641. The lowest BCUT2D eigenvalue weighted by atomic mass is 10.1. The number of aromatic nitrogens is 1. The van der Waals surface area contributed by atoms with E-state index in [9.17, 15) is 22.8 Å². The van der Waals surface area contributed by atoms with Crippen molar-refractivity contribution in [2.45, 2.75) is 6.18 Å². The second-order valence-electron chi connectivity index (χ2n) is 5.51. The average Bonchev–Trinajstić information content (AvgIpc) is 2.86. The zero-order valence-electron chi connectivity index (χ0n) is 13.7. The molecule has 2 aromatic rings. The van der Waals surface area contributed by atoms with Gasteiger partial charge in [-0.05, 0) is 18.2 Å². The molecule has 0 saturated heterocycles. The first-order chi connectivity index (χ1) is 12.7. The molecule has 2 heterocycles. The van der Waals surface area contributed by atoms with Crippen LogP contribution in [0.15, 0.2) is 41.7 Å². The number of rotatable bonds is 4. The Balaban J connectivity index is 1.94. The van der Waals surface area contributed by atoms with Crippen molar-refractivity contribution in [3.63, 3.8) is 0 Å². The van der Waals surface area contributed by atoms with E-state index in [2.05, 4.69) is 15.0 Å². The first-order valence-electron chi connectivity index (χ1n) is 7.52. The van der Waals surface area contributed by atoms with Crippen molar-refractivity contribution in [1.82, 2.24) is 9.88 Å². The van der Waals surface area contributed by atoms with Gasteiger partial charge in [0.1, 0.15) is 18.5 Å². The molecule has 10 heteroatoms. The SMILES string of the molecule is CO/N=C(/CN1C(=O)c2ccccc2C1=O)c1ncc(C(F)(F)F)cc1Cl. The molecule has 27 heavy (non-hydrogen) atoms. The molecule has 0 unspecified atom stereocenters. The third-order valence-corrected chi connectivity index (χ3v) is 4.12. The Morgan fingerprint density at radius 2 is 1.81 bits per heavy atom. The monoisotopic (exact) mass is 397 g/mol. The molecule has 1 aliphatic rings. The summed E-state index contributed by atoms with van der Waals surface area (Å²) in [4.78, 5) is 34.2. The van der Waals surface area contributed by atoms with Gasteiger partial charge in [-0.25, -0.2) is 0 Å². The van der Waals surface area contributed by atoms with E-state index in [0.29, 0.717) is 12.3 Å². The first kappa shape index (κ1) is 18.8. The van der Waals surface area contributed by atoms with Crippen molar-refractivity contribution >= 4 is 29.1 Å². The molecule has 1 aromatic heterocycles. The summed E-state index contributed by atoms with van der Waals surface area (Å²) in [7, 11) is 1.21. The molecule has 1 aliphatic heterocycles. The molecular formula is C17H11ClF3N3O3. The van der Waals surface area contributed by atoms with Crippen molar-refractivity contribution in [2.75, 3.05) is 13.7 Å². The summed E-state index contributed by atoms with van der Waals surface area (Å²) < 4.78 is 38.3. The third-order valence-electron chi connectivity index (χ3n) is 3.83. The lowest BCUT2D eigenvalue weighted by Gasteiger charge is -2.16. The molecule has 0 spiro atoms. The molecule has 0 N–H and O–H groups in total. The number of hydrogen-bond acceptors (Lipinski definition) is 5. The van der Waals surface area contributed by atoms with Gasteiger partial charge in [0.25, 0.3) is 11.8 Å². The van der Waals surface area contributed by atoms with E-state index in [0.717, 1.165) is 4.90 Å². The van der Waals surface area contributed by atoms with Gasteiger partial charge in [0, 0.05) is 6.20 Å². The number of alkyl halides is 3. The summed E-state index contributed by atoms with van der Waals surface area (Å²) in [5.74, 6) is -1.11. The van der Waals surface area contributed by atoms with Gasteiger partial charge < -0.3 is 4.84 Å². The summed E-state index contributed by atoms with van der Waals surface area (Å²) in [6, 6.07) is 6.94. The Kier molecular flexibility index (Phi) is 4.88. The highest BCUT2D eigenvalue weighted by atomic mass is 35.5. The highest BCUT2D eigenvalue weighted by Crippen LogP contribution is 2.31. The van der Waals surface area contributed by atoms with Crippen LogP contribution in [0.2, 0.25) is 5.02 Å². The number of hydrogen-bond donors (Lipinski definition) is 0. The van der Waals surface area contributed by atoms with Crippen LogP contribution in [0.1, 0.15) is 32.0 Å². The van der Waals surface area contributed by atoms with Crippen LogP contribution in [-0.2, 0) is 11.0 Å². The topological polar surface area (TPSA) is 71.9 Å². The maximum atomic E-state index is 12.8. The van der Waals surface area contributed by atoms with Gasteiger partial charge in [0.05, 0.1) is 28.3 Å². The molecule has 140 valence electrons. The lowest BCUT2D eigenvalue weighted by molar-refractivity contribution is -0.137. The molecule has 0 saturated carbocycles. The Morgan fingerprint density at radius 1 is 1.22 bits per heavy atom. The van der Waals surface area contributed by atoms with Crippen molar-refractivity contribution < 1.29 is 27.6 Å². The summed E-state index contributed by atoms with van der Waals surface area (Å²) in [5, 5.41) is 3.35. The van der Waals surface area contributed by atoms with E-state index in [1.165, 1.54) is 19.2 Å². The van der Waals surface area contributed by atoms with E-state index < -0.39 is 23.6 Å². The van der Waals surface area contributed by atoms with Gasteiger partial charge in [-0.1, -0.05) is 28.9 Å². The predicted octanol–water partition coefficient (Wildman–Crippen LogP) is 3.40. The number of carbonyl (C=O) groups is 2. The molecule has 0 bridgehead atoms. The second-order valence-corrected chi connectivity index (χ2v) is 5.92. The van der Waals surface area contributed by atoms with Crippen LogP contribution < -0.4 is 0 Å². The molecule has 0 fully saturated rings. The zero-order chi connectivity index (χ0) is 19.8. The van der Waals surface area contributed by atoms with Gasteiger partial charge in [-0.15, -0.1) is 0 Å². The predicted molar refractivity (Wildman–Crippen MR) is 89.6 cm³/mol. The average molecular weight is 398 g/mol. The largest absolute Gasteiger partial charge is 0.417 e. The highest BCUT2D eigenvalue weighted by molar-refractivity contribution is 6.34. The molecule has 6 nitrogen and oxygen atoms in total. The number of nitrogens with zero attached hydrogens (tertiary/aromatic N) is 3. The maximum Gasteiger partial charge on any atom is 0.417 e. The number of amides is 2. The van der Waals surface area contributed by atoms with Crippen LogP contribution in [0.25, 0.3) is 0 Å². The number of halogens is 4. The fourth-order valence-corrected chi connectivity index (χ4v) is 2.87. The van der Waals surface area contributed by atoms with Gasteiger partial charge in [-0.2, -0.15) is 13.2 Å². The molecule has 0 aliphatic carbocycles. The van der Waals surface area contributed by atoms with Crippen LogP contribution in [-0.4, -0.2) is 41.1 Å². The number of imide groups is 1. The number of fused-ring (bicyclic) bond motifs is 1. The Bertz CT molecular complexity index is 925. The van der Waals surface area contributed by atoms with E-state index in [-0.39, 0.29) is 34.1 Å². The van der Waals surface area contributed by atoms with Crippen LogP contribution in [0.3, 0.4) is 0 Å². The summed E-state index contributed by atoms with van der Waals surface area (Å²) in [6.45, 7) is -0.363. The van der Waals surface area contributed by atoms with E-state index in [4.69, 9.17) is 11.6 Å². The highest BCUT2D eigenvalue weighted by Gasteiger charge is 2.37. The minimum atomic E-state index is -4.61.